The van der Waals surface area contributed by atoms with E-state index >= 15 is 0 Å². The van der Waals surface area contributed by atoms with Crippen molar-refractivity contribution >= 4 is 28.5 Å². The summed E-state index contributed by atoms with van der Waals surface area (Å²) in [5, 5.41) is 0. The molecule has 0 bridgehead atoms. The van der Waals surface area contributed by atoms with Crippen LogP contribution < -0.4 is 5.73 Å². The number of aromatic nitrogens is 3. The number of rotatable bonds is 2. The molecule has 16 heavy (non-hydrogen) atoms. The molecule has 2 aromatic heterocycles. The number of carbonyl (C=O) groups is 1. The third-order valence-corrected chi connectivity index (χ3v) is 2.54. The van der Waals surface area contributed by atoms with Crippen LogP contribution in [-0.4, -0.2) is 20.9 Å². The van der Waals surface area contributed by atoms with Crippen LogP contribution in [0.15, 0.2) is 30.9 Å². The summed E-state index contributed by atoms with van der Waals surface area (Å²) in [4.78, 5) is 23.0. The van der Waals surface area contributed by atoms with Crippen molar-refractivity contribution in [2.45, 2.75) is 0 Å². The van der Waals surface area contributed by atoms with E-state index in [0.29, 0.717) is 5.56 Å². The Bertz CT molecular complexity index is 544. The van der Waals surface area contributed by atoms with Crippen molar-refractivity contribution in [1.29, 1.82) is 0 Å². The molecule has 0 aliphatic heterocycles. The second kappa shape index (κ2) is 4.52. The first-order valence-electron chi connectivity index (χ1n) is 4.39. The number of amides is 1. The van der Waals surface area contributed by atoms with Crippen molar-refractivity contribution < 1.29 is 4.79 Å². The Labute approximate surface area is 105 Å². The molecule has 5 nitrogen and oxygen atoms in total. The molecular weight excluding hydrogens is 319 g/mol. The maximum Gasteiger partial charge on any atom is 0.250 e. The molecule has 0 aliphatic carbocycles. The highest BCUT2D eigenvalue weighted by atomic mass is 127. The van der Waals surface area contributed by atoms with Crippen molar-refractivity contribution in [1.82, 2.24) is 15.0 Å². The van der Waals surface area contributed by atoms with Crippen LogP contribution in [0, 0.1) is 3.70 Å². The van der Waals surface area contributed by atoms with Gasteiger partial charge < -0.3 is 5.73 Å². The van der Waals surface area contributed by atoms with E-state index in [1.165, 1.54) is 12.5 Å². The summed E-state index contributed by atoms with van der Waals surface area (Å²) in [5.41, 5.74) is 7.01. The van der Waals surface area contributed by atoms with Gasteiger partial charge in [-0.2, -0.15) is 0 Å². The van der Waals surface area contributed by atoms with Crippen molar-refractivity contribution in [3.8, 4) is 11.3 Å². The number of nitrogens with zero attached hydrogens (tertiary/aromatic N) is 3. The number of hydrogen-bond acceptors (Lipinski definition) is 4. The van der Waals surface area contributed by atoms with Gasteiger partial charge in [-0.1, -0.05) is 0 Å². The van der Waals surface area contributed by atoms with Crippen LogP contribution in [0.1, 0.15) is 10.4 Å². The summed E-state index contributed by atoms with van der Waals surface area (Å²) in [6, 6.07) is 3.47. The minimum Gasteiger partial charge on any atom is -0.366 e. The van der Waals surface area contributed by atoms with Gasteiger partial charge in [0.1, 0.15) is 10.0 Å². The fraction of sp³-hybridized carbons (Fsp3) is 0. The molecule has 0 fully saturated rings. The highest BCUT2D eigenvalue weighted by molar-refractivity contribution is 14.1. The lowest BCUT2D eigenvalue weighted by atomic mass is 10.1. The minimum atomic E-state index is -0.502. The van der Waals surface area contributed by atoms with Crippen molar-refractivity contribution in [3.05, 3.63) is 40.1 Å². The molecule has 0 saturated heterocycles. The first kappa shape index (κ1) is 10.9. The molecule has 1 amide bonds. The Kier molecular flexibility index (Phi) is 3.09. The van der Waals surface area contributed by atoms with Crippen LogP contribution in [0.4, 0.5) is 0 Å². The van der Waals surface area contributed by atoms with Crippen LogP contribution in [-0.2, 0) is 0 Å². The van der Waals surface area contributed by atoms with E-state index < -0.39 is 5.91 Å². The van der Waals surface area contributed by atoms with E-state index in [1.54, 1.807) is 12.3 Å². The molecule has 0 radical (unpaired) electrons. The van der Waals surface area contributed by atoms with Crippen molar-refractivity contribution in [2.24, 2.45) is 5.73 Å². The Morgan fingerprint density at radius 2 is 2.06 bits per heavy atom. The first-order valence-corrected chi connectivity index (χ1v) is 5.47. The molecule has 2 aromatic rings. The van der Waals surface area contributed by atoms with Gasteiger partial charge in [-0.15, -0.1) is 0 Å². The lowest BCUT2D eigenvalue weighted by Crippen LogP contribution is -2.11. The predicted molar refractivity (Wildman–Crippen MR) is 66.5 cm³/mol. The monoisotopic (exact) mass is 326 g/mol. The van der Waals surface area contributed by atoms with E-state index in [1.807, 2.05) is 6.07 Å². The van der Waals surface area contributed by atoms with Crippen LogP contribution in [0.3, 0.4) is 0 Å². The minimum absolute atomic E-state index is 0.367. The van der Waals surface area contributed by atoms with E-state index in [4.69, 9.17) is 5.73 Å². The second-order valence-electron chi connectivity index (χ2n) is 3.05. The molecule has 0 atom stereocenters. The number of pyridine rings is 1. The summed E-state index contributed by atoms with van der Waals surface area (Å²) in [5.74, 6) is -0.502. The molecule has 0 aromatic carbocycles. The number of hydrogen-bond donors (Lipinski definition) is 1. The summed E-state index contributed by atoms with van der Waals surface area (Å²) in [7, 11) is 0. The molecule has 0 saturated carbocycles. The van der Waals surface area contributed by atoms with Crippen LogP contribution in [0.5, 0.6) is 0 Å². The van der Waals surface area contributed by atoms with Gasteiger partial charge in [-0.05, 0) is 34.7 Å². The summed E-state index contributed by atoms with van der Waals surface area (Å²) in [6.07, 6.45) is 4.52. The summed E-state index contributed by atoms with van der Waals surface area (Å²) >= 11 is 2.09. The van der Waals surface area contributed by atoms with E-state index in [0.717, 1.165) is 15.0 Å². The maximum atomic E-state index is 11.0. The number of halogens is 1. The lowest BCUT2D eigenvalue weighted by molar-refractivity contribution is 0.1000. The molecule has 0 aliphatic rings. The Hall–Kier alpha value is -1.57. The SMILES string of the molecule is NC(=O)c1cncc(-c2cc(I)ncn2)c1. The Morgan fingerprint density at radius 3 is 2.75 bits per heavy atom. The Morgan fingerprint density at radius 1 is 1.25 bits per heavy atom. The van der Waals surface area contributed by atoms with Gasteiger partial charge in [0.2, 0.25) is 5.91 Å². The normalized spacial score (nSPS) is 10.1. The smallest absolute Gasteiger partial charge is 0.250 e. The van der Waals surface area contributed by atoms with Crippen LogP contribution in [0.25, 0.3) is 11.3 Å². The molecule has 2 N–H and O–H groups in total. The Balaban J connectivity index is 2.48. The third-order valence-electron chi connectivity index (χ3n) is 1.95. The largest absolute Gasteiger partial charge is 0.366 e. The summed E-state index contributed by atoms with van der Waals surface area (Å²) < 4.78 is 0.826. The molecule has 2 rings (SSSR count). The fourth-order valence-corrected chi connectivity index (χ4v) is 1.63. The highest BCUT2D eigenvalue weighted by Crippen LogP contribution is 2.17. The topological polar surface area (TPSA) is 81.8 Å². The zero-order valence-electron chi connectivity index (χ0n) is 8.09. The van der Waals surface area contributed by atoms with Gasteiger partial charge in [-0.3, -0.25) is 9.78 Å². The summed E-state index contributed by atoms with van der Waals surface area (Å²) in [6.45, 7) is 0. The number of nitrogens with two attached hydrogens (primary N) is 1. The van der Waals surface area contributed by atoms with Crippen molar-refractivity contribution in [2.75, 3.05) is 0 Å². The van der Waals surface area contributed by atoms with Gasteiger partial charge in [0.15, 0.2) is 0 Å². The van der Waals surface area contributed by atoms with E-state index in [-0.39, 0.29) is 0 Å². The standard InChI is InChI=1S/C10H7IN4O/c11-9-2-8(14-5-15-9)6-1-7(10(12)16)4-13-3-6/h1-5H,(H2,12,16). The van der Waals surface area contributed by atoms with Gasteiger partial charge in [-0.25, -0.2) is 9.97 Å². The van der Waals surface area contributed by atoms with Gasteiger partial charge in [0, 0.05) is 18.0 Å². The molecular formula is C10H7IN4O. The second-order valence-corrected chi connectivity index (χ2v) is 4.16. The molecule has 80 valence electrons. The zero-order chi connectivity index (χ0) is 11.5. The molecule has 0 unspecified atom stereocenters. The molecule has 6 heteroatoms. The highest BCUT2D eigenvalue weighted by Gasteiger charge is 2.05. The quantitative estimate of drug-likeness (QED) is 0.665. The van der Waals surface area contributed by atoms with Gasteiger partial charge in [0.05, 0.1) is 11.3 Å². The number of primary amides is 1. The van der Waals surface area contributed by atoms with E-state index in [2.05, 4.69) is 37.5 Å². The lowest BCUT2D eigenvalue weighted by Gasteiger charge is -2.01. The van der Waals surface area contributed by atoms with Crippen LogP contribution >= 0.6 is 22.6 Å². The third kappa shape index (κ3) is 2.32. The van der Waals surface area contributed by atoms with Crippen LogP contribution in [0.2, 0.25) is 0 Å². The average Bonchev–Trinajstić information content (AvgIpc) is 2.29. The first-order chi connectivity index (χ1) is 7.66. The average molecular weight is 326 g/mol. The maximum absolute atomic E-state index is 11.0. The van der Waals surface area contributed by atoms with Crippen molar-refractivity contribution in [3.63, 3.8) is 0 Å². The van der Waals surface area contributed by atoms with E-state index in [9.17, 15) is 4.79 Å². The fourth-order valence-electron chi connectivity index (χ4n) is 1.21. The molecule has 2 heterocycles. The predicted octanol–water partition coefficient (Wildman–Crippen LogP) is 1.24. The molecule has 0 spiro atoms. The number of carbonyl (C=O) groups excluding carboxylic acids is 1. The zero-order valence-corrected chi connectivity index (χ0v) is 10.2. The van der Waals surface area contributed by atoms with Gasteiger partial charge in [0.25, 0.3) is 0 Å². The van der Waals surface area contributed by atoms with Gasteiger partial charge >= 0.3 is 0 Å².